The van der Waals surface area contributed by atoms with E-state index in [1.165, 1.54) is 6.21 Å². The first kappa shape index (κ1) is 25.6. The van der Waals surface area contributed by atoms with Crippen LogP contribution in [0.25, 0.3) is 22.0 Å². The maximum atomic E-state index is 13.3. The lowest BCUT2D eigenvalue weighted by atomic mass is 10.0. The molecule has 8 heteroatoms. The summed E-state index contributed by atoms with van der Waals surface area (Å²) in [7, 11) is 0. The summed E-state index contributed by atoms with van der Waals surface area (Å²) in [6.45, 7) is 1.91. The number of halogens is 2. The highest BCUT2D eigenvalue weighted by molar-refractivity contribution is 9.11. The standard InChI is InChI=1S/C30H21Br2N3O3/c1-18-8-7-11-20(14-18)30(37)38-28-21(15-22(31)16-24(28)32)17-33-35-29(36)27-26(19-9-3-2-4-10-19)23-12-5-6-13-25(23)34-27/h2-17,34H,1H3,(H,35,36). The van der Waals surface area contributed by atoms with Crippen LogP contribution < -0.4 is 10.2 Å². The second-order valence-corrected chi connectivity index (χ2v) is 10.3. The summed E-state index contributed by atoms with van der Waals surface area (Å²) in [6.07, 6.45) is 1.44. The highest BCUT2D eigenvalue weighted by atomic mass is 79.9. The van der Waals surface area contributed by atoms with Gasteiger partial charge in [0.2, 0.25) is 0 Å². The largest absolute Gasteiger partial charge is 0.421 e. The van der Waals surface area contributed by atoms with Crippen LogP contribution in [0.3, 0.4) is 0 Å². The number of para-hydroxylation sites is 1. The van der Waals surface area contributed by atoms with Gasteiger partial charge in [-0.3, -0.25) is 4.79 Å². The average molecular weight is 631 g/mol. The lowest BCUT2D eigenvalue weighted by Crippen LogP contribution is -2.19. The van der Waals surface area contributed by atoms with Gasteiger partial charge in [0.1, 0.15) is 5.69 Å². The Hall–Kier alpha value is -4.01. The van der Waals surface area contributed by atoms with Crippen molar-refractivity contribution in [2.45, 2.75) is 6.92 Å². The Morgan fingerprint density at radius 2 is 1.68 bits per heavy atom. The number of rotatable bonds is 6. The molecule has 1 amide bonds. The molecule has 0 fully saturated rings. The predicted molar refractivity (Wildman–Crippen MR) is 157 cm³/mol. The van der Waals surface area contributed by atoms with E-state index in [-0.39, 0.29) is 5.75 Å². The van der Waals surface area contributed by atoms with Crippen molar-refractivity contribution < 1.29 is 14.3 Å². The van der Waals surface area contributed by atoms with E-state index in [1.54, 1.807) is 30.3 Å². The van der Waals surface area contributed by atoms with Gasteiger partial charge in [-0.25, -0.2) is 10.2 Å². The number of aromatic amines is 1. The number of hydrogen-bond acceptors (Lipinski definition) is 4. The van der Waals surface area contributed by atoms with Crippen LogP contribution in [0.1, 0.15) is 32.0 Å². The Morgan fingerprint density at radius 3 is 2.47 bits per heavy atom. The van der Waals surface area contributed by atoms with Crippen LogP contribution in [0, 0.1) is 6.92 Å². The number of hydrazone groups is 1. The fraction of sp³-hybridized carbons (Fsp3) is 0.0333. The minimum Gasteiger partial charge on any atom is -0.421 e. The molecule has 0 aliphatic heterocycles. The highest BCUT2D eigenvalue weighted by Crippen LogP contribution is 2.34. The van der Waals surface area contributed by atoms with E-state index in [2.05, 4.69) is 47.4 Å². The van der Waals surface area contributed by atoms with E-state index in [0.29, 0.717) is 21.3 Å². The maximum Gasteiger partial charge on any atom is 0.343 e. The quantitative estimate of drug-likeness (QED) is 0.0875. The fourth-order valence-corrected chi connectivity index (χ4v) is 5.48. The topological polar surface area (TPSA) is 83.5 Å². The van der Waals surface area contributed by atoms with Crippen LogP contribution in [0.4, 0.5) is 0 Å². The van der Waals surface area contributed by atoms with Gasteiger partial charge in [0.05, 0.1) is 16.3 Å². The summed E-state index contributed by atoms with van der Waals surface area (Å²) in [6, 6.07) is 28.1. The SMILES string of the molecule is Cc1cccc(C(=O)Oc2c(Br)cc(Br)cc2C=NNC(=O)c2[nH]c3ccccc3c2-c2ccccc2)c1. The second-order valence-electron chi connectivity index (χ2n) is 8.55. The molecular formula is C30H21Br2N3O3. The molecular weight excluding hydrogens is 610 g/mol. The number of carbonyl (C=O) groups is 2. The molecule has 0 unspecified atom stereocenters. The number of benzene rings is 4. The number of fused-ring (bicyclic) bond motifs is 1. The minimum atomic E-state index is -0.499. The molecule has 0 saturated heterocycles. The monoisotopic (exact) mass is 629 g/mol. The second kappa shape index (κ2) is 11.2. The van der Waals surface area contributed by atoms with E-state index in [1.807, 2.05) is 67.6 Å². The van der Waals surface area contributed by atoms with E-state index < -0.39 is 11.9 Å². The molecule has 5 rings (SSSR count). The van der Waals surface area contributed by atoms with Crippen LogP contribution in [0.5, 0.6) is 5.75 Å². The summed E-state index contributed by atoms with van der Waals surface area (Å²) in [5, 5.41) is 5.12. The minimum absolute atomic E-state index is 0.285. The molecule has 4 aromatic carbocycles. The summed E-state index contributed by atoms with van der Waals surface area (Å²) in [5.74, 6) is -0.613. The van der Waals surface area contributed by atoms with Crippen molar-refractivity contribution in [1.82, 2.24) is 10.4 Å². The molecule has 6 nitrogen and oxygen atoms in total. The summed E-state index contributed by atoms with van der Waals surface area (Å²) in [5.41, 5.74) is 7.44. The summed E-state index contributed by atoms with van der Waals surface area (Å²) in [4.78, 5) is 29.3. The average Bonchev–Trinajstić information content (AvgIpc) is 3.31. The Morgan fingerprint density at radius 1 is 0.921 bits per heavy atom. The fourth-order valence-electron chi connectivity index (χ4n) is 4.14. The first-order chi connectivity index (χ1) is 18.4. The summed E-state index contributed by atoms with van der Waals surface area (Å²) >= 11 is 6.92. The van der Waals surface area contributed by atoms with Crippen molar-refractivity contribution in [2.75, 3.05) is 0 Å². The van der Waals surface area contributed by atoms with Crippen molar-refractivity contribution >= 4 is 60.9 Å². The number of aryl methyl sites for hydroxylation is 1. The number of carbonyl (C=O) groups excluding carboxylic acids is 2. The third-order valence-electron chi connectivity index (χ3n) is 5.85. The van der Waals surface area contributed by atoms with Gasteiger partial charge in [-0.2, -0.15) is 5.10 Å². The van der Waals surface area contributed by atoms with Gasteiger partial charge < -0.3 is 9.72 Å². The smallest absolute Gasteiger partial charge is 0.343 e. The Labute approximate surface area is 236 Å². The number of nitrogens with one attached hydrogen (secondary N) is 2. The lowest BCUT2D eigenvalue weighted by molar-refractivity contribution is 0.0732. The number of hydrogen-bond donors (Lipinski definition) is 2. The van der Waals surface area contributed by atoms with Crippen molar-refractivity contribution in [1.29, 1.82) is 0 Å². The number of amides is 1. The van der Waals surface area contributed by atoms with E-state index >= 15 is 0 Å². The molecule has 38 heavy (non-hydrogen) atoms. The molecule has 0 atom stereocenters. The lowest BCUT2D eigenvalue weighted by Gasteiger charge is -2.11. The molecule has 0 spiro atoms. The predicted octanol–water partition coefficient (Wildman–Crippen LogP) is 7.65. The first-order valence-corrected chi connectivity index (χ1v) is 13.3. The molecule has 5 aromatic rings. The van der Waals surface area contributed by atoms with Gasteiger partial charge in [-0.05, 0) is 58.7 Å². The molecule has 1 heterocycles. The van der Waals surface area contributed by atoms with Gasteiger partial charge in [0, 0.05) is 26.5 Å². The van der Waals surface area contributed by atoms with Crippen LogP contribution in [-0.4, -0.2) is 23.1 Å². The van der Waals surface area contributed by atoms with Gasteiger partial charge in [-0.1, -0.05) is 82.2 Å². The number of esters is 1. The zero-order valence-corrected chi connectivity index (χ0v) is 23.3. The van der Waals surface area contributed by atoms with Crippen molar-refractivity contribution in [3.05, 3.63) is 122 Å². The van der Waals surface area contributed by atoms with Gasteiger partial charge in [0.15, 0.2) is 5.75 Å². The van der Waals surface area contributed by atoms with E-state index in [9.17, 15) is 9.59 Å². The molecule has 0 aliphatic carbocycles. The van der Waals surface area contributed by atoms with Crippen LogP contribution >= 0.6 is 31.9 Å². The molecule has 1 aromatic heterocycles. The number of ether oxygens (including phenoxy) is 1. The third-order valence-corrected chi connectivity index (χ3v) is 6.90. The van der Waals surface area contributed by atoms with Crippen LogP contribution in [0.15, 0.2) is 105 Å². The molecule has 0 radical (unpaired) electrons. The Kier molecular flexibility index (Phi) is 7.53. The Bertz CT molecular complexity index is 1690. The third kappa shape index (κ3) is 5.46. The normalized spacial score (nSPS) is 11.1. The first-order valence-electron chi connectivity index (χ1n) is 11.7. The van der Waals surface area contributed by atoms with Gasteiger partial charge >= 0.3 is 5.97 Å². The van der Waals surface area contributed by atoms with Crippen LogP contribution in [0.2, 0.25) is 0 Å². The molecule has 0 bridgehead atoms. The van der Waals surface area contributed by atoms with Crippen LogP contribution in [-0.2, 0) is 0 Å². The summed E-state index contributed by atoms with van der Waals surface area (Å²) < 4.78 is 7.02. The Balaban J connectivity index is 1.43. The zero-order chi connectivity index (χ0) is 26.6. The highest BCUT2D eigenvalue weighted by Gasteiger charge is 2.19. The number of H-pyrrole nitrogens is 1. The molecule has 188 valence electrons. The van der Waals surface area contributed by atoms with Gasteiger partial charge in [0.25, 0.3) is 5.91 Å². The molecule has 0 saturated carbocycles. The molecule has 0 aliphatic rings. The zero-order valence-electron chi connectivity index (χ0n) is 20.2. The van der Waals surface area contributed by atoms with Gasteiger partial charge in [-0.15, -0.1) is 0 Å². The van der Waals surface area contributed by atoms with E-state index in [4.69, 9.17) is 4.74 Å². The number of nitrogens with zero attached hydrogens (tertiary/aromatic N) is 1. The van der Waals surface area contributed by atoms with Crippen molar-refractivity contribution in [3.8, 4) is 16.9 Å². The van der Waals surface area contributed by atoms with Crippen molar-refractivity contribution in [2.24, 2.45) is 5.10 Å². The van der Waals surface area contributed by atoms with Crippen molar-refractivity contribution in [3.63, 3.8) is 0 Å². The molecule has 2 N–H and O–H groups in total. The number of aromatic nitrogens is 1. The maximum absolute atomic E-state index is 13.3. The van der Waals surface area contributed by atoms with E-state index in [0.717, 1.165) is 32.1 Å².